The van der Waals surface area contributed by atoms with Gasteiger partial charge in [-0.05, 0) is 35.7 Å². The molecule has 5 nitrogen and oxygen atoms in total. The Balaban J connectivity index is 1.60. The minimum absolute atomic E-state index is 0.108. The van der Waals surface area contributed by atoms with Crippen LogP contribution in [0.5, 0.6) is 0 Å². The van der Waals surface area contributed by atoms with Crippen molar-refractivity contribution in [2.45, 2.75) is 31.4 Å². The quantitative estimate of drug-likeness (QED) is 0.837. The zero-order chi connectivity index (χ0) is 18.5. The molecule has 26 heavy (non-hydrogen) atoms. The number of amides is 2. The monoisotopic (exact) mass is 367 g/mol. The highest BCUT2D eigenvalue weighted by molar-refractivity contribution is 8.15. The molecule has 2 aromatic carbocycles. The molecule has 0 saturated carbocycles. The third kappa shape index (κ3) is 4.73. The van der Waals surface area contributed by atoms with E-state index in [1.807, 2.05) is 54.6 Å². The first kappa shape index (κ1) is 18.2. The van der Waals surface area contributed by atoms with Crippen LogP contribution in [0.3, 0.4) is 0 Å². The maximum atomic E-state index is 12.1. The van der Waals surface area contributed by atoms with Crippen molar-refractivity contribution >= 4 is 40.1 Å². The van der Waals surface area contributed by atoms with Crippen molar-refractivity contribution in [3.8, 4) is 0 Å². The molecule has 0 aliphatic carbocycles. The molecule has 1 fully saturated rings. The number of carbonyl (C=O) groups is 2. The SMILES string of the molecule is CC(C)c1ccc(N=C2NC(=O)C(CC(=O)Nc3ccccc3)S2)cc1. The van der Waals surface area contributed by atoms with Gasteiger partial charge in [-0.15, -0.1) is 0 Å². The van der Waals surface area contributed by atoms with Gasteiger partial charge in [0.1, 0.15) is 5.25 Å². The fourth-order valence-corrected chi connectivity index (χ4v) is 3.53. The number of amidine groups is 1. The van der Waals surface area contributed by atoms with E-state index in [-0.39, 0.29) is 18.2 Å². The van der Waals surface area contributed by atoms with Gasteiger partial charge >= 0.3 is 0 Å². The van der Waals surface area contributed by atoms with Crippen LogP contribution in [0.1, 0.15) is 31.7 Å². The van der Waals surface area contributed by atoms with E-state index in [0.717, 1.165) is 11.4 Å². The third-order valence-corrected chi connectivity index (χ3v) is 5.08. The number of carbonyl (C=O) groups excluding carboxylic acids is 2. The van der Waals surface area contributed by atoms with Gasteiger partial charge in [-0.2, -0.15) is 0 Å². The molecule has 0 spiro atoms. The minimum atomic E-state index is -0.465. The minimum Gasteiger partial charge on any atom is -0.326 e. The molecule has 134 valence electrons. The van der Waals surface area contributed by atoms with E-state index in [0.29, 0.717) is 11.1 Å². The lowest BCUT2D eigenvalue weighted by Gasteiger charge is -2.07. The largest absolute Gasteiger partial charge is 0.326 e. The van der Waals surface area contributed by atoms with Crippen LogP contribution >= 0.6 is 11.8 Å². The van der Waals surface area contributed by atoms with Crippen LogP contribution in [-0.2, 0) is 9.59 Å². The molecular weight excluding hydrogens is 346 g/mol. The van der Waals surface area contributed by atoms with Gasteiger partial charge in [0.15, 0.2) is 5.17 Å². The molecule has 1 unspecified atom stereocenters. The van der Waals surface area contributed by atoms with Crippen molar-refractivity contribution in [2.75, 3.05) is 5.32 Å². The molecule has 1 heterocycles. The molecule has 1 aliphatic heterocycles. The van der Waals surface area contributed by atoms with Gasteiger partial charge < -0.3 is 10.6 Å². The number of benzene rings is 2. The van der Waals surface area contributed by atoms with Crippen molar-refractivity contribution in [3.05, 3.63) is 60.2 Å². The number of nitrogens with one attached hydrogen (secondary N) is 2. The average molecular weight is 367 g/mol. The summed E-state index contributed by atoms with van der Waals surface area (Å²) in [5, 5.41) is 5.62. The second-order valence-corrected chi connectivity index (χ2v) is 7.57. The standard InChI is InChI=1S/C20H21N3O2S/c1-13(2)14-8-10-16(11-9-14)22-20-23-19(25)17(26-20)12-18(24)21-15-6-4-3-5-7-15/h3-11,13,17H,12H2,1-2H3,(H,21,24)(H,22,23,25). The van der Waals surface area contributed by atoms with Crippen LogP contribution in [0, 0.1) is 0 Å². The summed E-state index contributed by atoms with van der Waals surface area (Å²) in [4.78, 5) is 28.7. The normalized spacial score (nSPS) is 18.2. The Labute approximate surface area is 157 Å². The molecule has 0 aromatic heterocycles. The summed E-state index contributed by atoms with van der Waals surface area (Å²) in [6.07, 6.45) is 0.108. The molecule has 2 aromatic rings. The number of thioether (sulfide) groups is 1. The molecule has 0 radical (unpaired) electrons. The van der Waals surface area contributed by atoms with Crippen LogP contribution in [-0.4, -0.2) is 22.2 Å². The lowest BCUT2D eigenvalue weighted by atomic mass is 10.0. The Kier molecular flexibility index (Phi) is 5.73. The zero-order valence-electron chi connectivity index (χ0n) is 14.7. The molecule has 0 bridgehead atoms. The Morgan fingerprint density at radius 1 is 1.15 bits per heavy atom. The highest BCUT2D eigenvalue weighted by Gasteiger charge is 2.32. The van der Waals surface area contributed by atoms with Crippen LogP contribution in [0.15, 0.2) is 59.6 Å². The Bertz CT molecular complexity index is 817. The number of aliphatic imine (C=N–C) groups is 1. The number of para-hydroxylation sites is 1. The molecular formula is C20H21N3O2S. The van der Waals surface area contributed by atoms with E-state index in [1.165, 1.54) is 17.3 Å². The summed E-state index contributed by atoms with van der Waals surface area (Å²) in [5.74, 6) is 0.0897. The second-order valence-electron chi connectivity index (χ2n) is 6.38. The first-order valence-corrected chi connectivity index (χ1v) is 9.40. The predicted octanol–water partition coefficient (Wildman–Crippen LogP) is 4.06. The van der Waals surface area contributed by atoms with Gasteiger partial charge in [0, 0.05) is 12.1 Å². The van der Waals surface area contributed by atoms with E-state index in [2.05, 4.69) is 29.5 Å². The van der Waals surface area contributed by atoms with Crippen molar-refractivity contribution in [2.24, 2.45) is 4.99 Å². The summed E-state index contributed by atoms with van der Waals surface area (Å²) in [5.41, 5.74) is 2.75. The van der Waals surface area contributed by atoms with Crippen LogP contribution in [0.4, 0.5) is 11.4 Å². The summed E-state index contributed by atoms with van der Waals surface area (Å²) in [6, 6.07) is 17.2. The first-order chi connectivity index (χ1) is 12.5. The highest BCUT2D eigenvalue weighted by atomic mass is 32.2. The fourth-order valence-electron chi connectivity index (χ4n) is 2.55. The van der Waals surface area contributed by atoms with Crippen LogP contribution in [0.25, 0.3) is 0 Å². The summed E-state index contributed by atoms with van der Waals surface area (Å²) >= 11 is 1.29. The average Bonchev–Trinajstić information content (AvgIpc) is 2.95. The van der Waals surface area contributed by atoms with Gasteiger partial charge in [-0.1, -0.05) is 55.9 Å². The summed E-state index contributed by atoms with van der Waals surface area (Å²) in [7, 11) is 0. The van der Waals surface area contributed by atoms with Gasteiger partial charge in [-0.3, -0.25) is 9.59 Å². The van der Waals surface area contributed by atoms with Crippen molar-refractivity contribution < 1.29 is 9.59 Å². The third-order valence-electron chi connectivity index (χ3n) is 4.00. The topological polar surface area (TPSA) is 70.6 Å². The molecule has 6 heteroatoms. The van der Waals surface area contributed by atoms with E-state index < -0.39 is 5.25 Å². The van der Waals surface area contributed by atoms with Crippen molar-refractivity contribution in [3.63, 3.8) is 0 Å². The van der Waals surface area contributed by atoms with Crippen LogP contribution in [0.2, 0.25) is 0 Å². The number of nitrogens with zero attached hydrogens (tertiary/aromatic N) is 1. The lowest BCUT2D eigenvalue weighted by Crippen LogP contribution is -2.28. The number of hydrogen-bond acceptors (Lipinski definition) is 4. The molecule has 1 atom stereocenters. The lowest BCUT2D eigenvalue weighted by molar-refractivity contribution is -0.122. The van der Waals surface area contributed by atoms with Gasteiger partial charge in [0.25, 0.3) is 0 Å². The Morgan fingerprint density at radius 2 is 1.85 bits per heavy atom. The van der Waals surface area contributed by atoms with E-state index in [9.17, 15) is 9.59 Å². The smallest absolute Gasteiger partial charge is 0.240 e. The molecule has 1 saturated heterocycles. The molecule has 1 aliphatic rings. The van der Waals surface area contributed by atoms with Gasteiger partial charge in [0.2, 0.25) is 11.8 Å². The number of hydrogen-bond donors (Lipinski definition) is 2. The molecule has 3 rings (SSSR count). The molecule has 2 N–H and O–H groups in total. The maximum absolute atomic E-state index is 12.1. The van der Waals surface area contributed by atoms with Crippen molar-refractivity contribution in [1.29, 1.82) is 0 Å². The zero-order valence-corrected chi connectivity index (χ0v) is 15.5. The maximum Gasteiger partial charge on any atom is 0.240 e. The number of anilines is 1. The van der Waals surface area contributed by atoms with E-state index in [1.54, 1.807) is 0 Å². The van der Waals surface area contributed by atoms with E-state index in [4.69, 9.17) is 0 Å². The Morgan fingerprint density at radius 3 is 2.50 bits per heavy atom. The fraction of sp³-hybridized carbons (Fsp3) is 0.250. The second kappa shape index (κ2) is 8.19. The van der Waals surface area contributed by atoms with Gasteiger partial charge in [-0.25, -0.2) is 4.99 Å². The Hall–Kier alpha value is -2.60. The summed E-state index contributed by atoms with van der Waals surface area (Å²) in [6.45, 7) is 4.28. The molecule has 2 amide bonds. The number of rotatable bonds is 5. The first-order valence-electron chi connectivity index (χ1n) is 8.52. The van der Waals surface area contributed by atoms with Crippen molar-refractivity contribution in [1.82, 2.24) is 5.32 Å². The van der Waals surface area contributed by atoms with Gasteiger partial charge in [0.05, 0.1) is 5.69 Å². The summed E-state index contributed by atoms with van der Waals surface area (Å²) < 4.78 is 0. The highest BCUT2D eigenvalue weighted by Crippen LogP contribution is 2.26. The van der Waals surface area contributed by atoms with E-state index >= 15 is 0 Å². The predicted molar refractivity (Wildman–Crippen MR) is 107 cm³/mol. The van der Waals surface area contributed by atoms with Crippen LogP contribution < -0.4 is 10.6 Å².